The fraction of sp³-hybridized carbons (Fsp3) is 0.500. The highest BCUT2D eigenvalue weighted by atomic mass is 32.1. The molecule has 4 heterocycles. The lowest BCUT2D eigenvalue weighted by atomic mass is 10.1. The van der Waals surface area contributed by atoms with Gasteiger partial charge in [-0.15, -0.1) is 11.3 Å². The van der Waals surface area contributed by atoms with Crippen molar-refractivity contribution in [2.24, 2.45) is 0 Å². The molecule has 6 nitrogen and oxygen atoms in total. The minimum absolute atomic E-state index is 0.0727. The average Bonchev–Trinajstić information content (AvgIpc) is 3.28. The Balaban J connectivity index is 1.37. The van der Waals surface area contributed by atoms with Gasteiger partial charge in [-0.25, -0.2) is 0 Å². The minimum Gasteiger partial charge on any atom is -0.372 e. The van der Waals surface area contributed by atoms with E-state index in [0.717, 1.165) is 31.6 Å². The van der Waals surface area contributed by atoms with E-state index in [1.807, 2.05) is 6.07 Å². The number of anilines is 1. The molecule has 2 atom stereocenters. The molecular formula is C16H19N3O3S. The fourth-order valence-corrected chi connectivity index (χ4v) is 4.13. The van der Waals surface area contributed by atoms with Crippen LogP contribution in [0, 0.1) is 0 Å². The SMILES string of the molecule is O=C(CC1OCCc2ccsc21)Nc1cc(C2CCCO2)[nH]n1. The number of thiophene rings is 1. The van der Waals surface area contributed by atoms with E-state index in [0.29, 0.717) is 18.8 Å². The third-order valence-electron chi connectivity index (χ3n) is 4.28. The molecule has 122 valence electrons. The number of H-pyrrole nitrogens is 1. The van der Waals surface area contributed by atoms with Crippen LogP contribution in [0.15, 0.2) is 17.5 Å². The second-order valence-electron chi connectivity index (χ2n) is 5.88. The Labute approximate surface area is 138 Å². The van der Waals surface area contributed by atoms with Crippen LogP contribution in [0.4, 0.5) is 5.82 Å². The van der Waals surface area contributed by atoms with Crippen molar-refractivity contribution in [3.8, 4) is 0 Å². The van der Waals surface area contributed by atoms with Crippen LogP contribution < -0.4 is 5.32 Å². The van der Waals surface area contributed by atoms with Crippen LogP contribution in [0.3, 0.4) is 0 Å². The Morgan fingerprint density at radius 1 is 1.43 bits per heavy atom. The highest BCUT2D eigenvalue weighted by Gasteiger charge is 2.25. The summed E-state index contributed by atoms with van der Waals surface area (Å²) in [6.45, 7) is 1.46. The van der Waals surface area contributed by atoms with Gasteiger partial charge in [-0.3, -0.25) is 9.89 Å². The van der Waals surface area contributed by atoms with Gasteiger partial charge in [0.1, 0.15) is 6.10 Å². The normalized spacial score (nSPS) is 23.7. The number of carbonyl (C=O) groups is 1. The monoisotopic (exact) mass is 333 g/mol. The van der Waals surface area contributed by atoms with E-state index >= 15 is 0 Å². The Morgan fingerprint density at radius 2 is 2.39 bits per heavy atom. The first-order valence-corrected chi connectivity index (χ1v) is 8.82. The van der Waals surface area contributed by atoms with Crippen LogP contribution in [0.5, 0.6) is 0 Å². The number of rotatable bonds is 4. The van der Waals surface area contributed by atoms with Crippen LogP contribution in [0.25, 0.3) is 0 Å². The number of aromatic nitrogens is 2. The van der Waals surface area contributed by atoms with Gasteiger partial charge in [0.05, 0.1) is 24.8 Å². The second-order valence-corrected chi connectivity index (χ2v) is 6.83. The van der Waals surface area contributed by atoms with Gasteiger partial charge in [-0.1, -0.05) is 0 Å². The first-order valence-electron chi connectivity index (χ1n) is 7.94. The molecule has 2 aromatic heterocycles. The molecule has 0 bridgehead atoms. The lowest BCUT2D eigenvalue weighted by Gasteiger charge is -2.22. The van der Waals surface area contributed by atoms with E-state index in [4.69, 9.17) is 9.47 Å². The molecule has 2 aliphatic rings. The largest absolute Gasteiger partial charge is 0.372 e. The molecule has 2 unspecified atom stereocenters. The maximum atomic E-state index is 12.3. The molecule has 4 rings (SSSR count). The third kappa shape index (κ3) is 3.17. The minimum atomic E-state index is -0.143. The van der Waals surface area contributed by atoms with Crippen molar-refractivity contribution in [3.63, 3.8) is 0 Å². The number of fused-ring (bicyclic) bond motifs is 1. The Morgan fingerprint density at radius 3 is 3.26 bits per heavy atom. The van der Waals surface area contributed by atoms with Crippen molar-refractivity contribution in [1.29, 1.82) is 0 Å². The summed E-state index contributed by atoms with van der Waals surface area (Å²) in [5.74, 6) is 0.462. The predicted molar refractivity (Wildman–Crippen MR) is 86.5 cm³/mol. The Kier molecular flexibility index (Phi) is 4.15. The zero-order valence-corrected chi connectivity index (χ0v) is 13.5. The molecule has 0 spiro atoms. The van der Waals surface area contributed by atoms with E-state index in [2.05, 4.69) is 27.0 Å². The maximum Gasteiger partial charge on any atom is 0.228 e. The molecule has 0 saturated carbocycles. The molecule has 23 heavy (non-hydrogen) atoms. The van der Waals surface area contributed by atoms with Gasteiger partial charge in [-0.05, 0) is 36.3 Å². The Hall–Kier alpha value is -1.70. The van der Waals surface area contributed by atoms with Gasteiger partial charge in [0.2, 0.25) is 5.91 Å². The number of amides is 1. The number of nitrogens with zero attached hydrogens (tertiary/aromatic N) is 1. The van der Waals surface area contributed by atoms with Crippen molar-refractivity contribution < 1.29 is 14.3 Å². The van der Waals surface area contributed by atoms with Crippen molar-refractivity contribution in [1.82, 2.24) is 10.2 Å². The number of hydrogen-bond donors (Lipinski definition) is 2. The van der Waals surface area contributed by atoms with Gasteiger partial charge < -0.3 is 14.8 Å². The lowest BCUT2D eigenvalue weighted by Crippen LogP contribution is -2.21. The van der Waals surface area contributed by atoms with Gasteiger partial charge in [0.25, 0.3) is 0 Å². The molecule has 0 radical (unpaired) electrons. The summed E-state index contributed by atoms with van der Waals surface area (Å²) in [5.41, 5.74) is 2.23. The fourth-order valence-electron chi connectivity index (χ4n) is 3.13. The summed E-state index contributed by atoms with van der Waals surface area (Å²) in [6.07, 6.45) is 3.23. The molecule has 2 aliphatic heterocycles. The smallest absolute Gasteiger partial charge is 0.228 e. The number of carbonyl (C=O) groups excluding carboxylic acids is 1. The van der Waals surface area contributed by atoms with Crippen molar-refractivity contribution in [3.05, 3.63) is 33.6 Å². The highest BCUT2D eigenvalue weighted by molar-refractivity contribution is 7.10. The molecule has 7 heteroatoms. The number of ether oxygens (including phenoxy) is 2. The molecule has 2 N–H and O–H groups in total. The van der Waals surface area contributed by atoms with Gasteiger partial charge in [0.15, 0.2) is 5.82 Å². The third-order valence-corrected chi connectivity index (χ3v) is 5.33. The van der Waals surface area contributed by atoms with Crippen LogP contribution in [-0.2, 0) is 20.7 Å². The molecule has 0 aromatic carbocycles. The van der Waals surface area contributed by atoms with Crippen LogP contribution in [0.2, 0.25) is 0 Å². The van der Waals surface area contributed by atoms with E-state index in [-0.39, 0.29) is 18.1 Å². The molecular weight excluding hydrogens is 314 g/mol. The van der Waals surface area contributed by atoms with Gasteiger partial charge >= 0.3 is 0 Å². The van der Waals surface area contributed by atoms with Crippen LogP contribution >= 0.6 is 11.3 Å². The average molecular weight is 333 g/mol. The summed E-state index contributed by atoms with van der Waals surface area (Å²) < 4.78 is 11.4. The van der Waals surface area contributed by atoms with Crippen LogP contribution in [0.1, 0.15) is 47.6 Å². The molecule has 1 saturated heterocycles. The first kappa shape index (κ1) is 14.9. The highest BCUT2D eigenvalue weighted by Crippen LogP contribution is 2.34. The zero-order valence-electron chi connectivity index (χ0n) is 12.7. The topological polar surface area (TPSA) is 76.2 Å². The summed E-state index contributed by atoms with van der Waals surface area (Å²) in [6, 6.07) is 3.97. The van der Waals surface area contributed by atoms with Crippen LogP contribution in [-0.4, -0.2) is 29.3 Å². The molecule has 1 fully saturated rings. The summed E-state index contributed by atoms with van der Waals surface area (Å²) in [7, 11) is 0. The van der Waals surface area contributed by atoms with Gasteiger partial charge in [0, 0.05) is 17.6 Å². The van der Waals surface area contributed by atoms with Crippen molar-refractivity contribution >= 4 is 23.1 Å². The quantitative estimate of drug-likeness (QED) is 0.902. The van der Waals surface area contributed by atoms with Gasteiger partial charge in [-0.2, -0.15) is 5.10 Å². The number of hydrogen-bond acceptors (Lipinski definition) is 5. The second kappa shape index (κ2) is 6.43. The number of nitrogens with one attached hydrogen (secondary N) is 2. The summed E-state index contributed by atoms with van der Waals surface area (Å²) in [4.78, 5) is 13.4. The lowest BCUT2D eigenvalue weighted by molar-refractivity contribution is -0.119. The van der Waals surface area contributed by atoms with E-state index < -0.39 is 0 Å². The van der Waals surface area contributed by atoms with E-state index in [9.17, 15) is 4.79 Å². The molecule has 2 aromatic rings. The molecule has 1 amide bonds. The van der Waals surface area contributed by atoms with Crippen molar-refractivity contribution in [2.75, 3.05) is 18.5 Å². The zero-order chi connectivity index (χ0) is 15.6. The van der Waals surface area contributed by atoms with Crippen molar-refractivity contribution in [2.45, 2.75) is 37.9 Å². The molecule has 0 aliphatic carbocycles. The standard InChI is InChI=1S/C16H19N3O3S/c20-15(9-13-16-10(3-6-22-13)4-7-23-16)17-14-8-11(18-19-14)12-2-1-5-21-12/h4,7-8,12-13H,1-3,5-6,9H2,(H2,17,18,19,20). The van der Waals surface area contributed by atoms with E-state index in [1.54, 1.807) is 11.3 Å². The first-order chi connectivity index (χ1) is 11.3. The summed E-state index contributed by atoms with van der Waals surface area (Å²) >= 11 is 1.66. The van der Waals surface area contributed by atoms with E-state index in [1.165, 1.54) is 10.4 Å². The predicted octanol–water partition coefficient (Wildman–Crippen LogP) is 2.97. The maximum absolute atomic E-state index is 12.3. The number of aromatic amines is 1. The Bertz CT molecular complexity index is 690. The summed E-state index contributed by atoms with van der Waals surface area (Å²) in [5, 5.41) is 12.0.